The second-order valence-corrected chi connectivity index (χ2v) is 5.97. The number of hydrogen-bond donors (Lipinski definition) is 1. The Bertz CT molecular complexity index is 1010. The predicted molar refractivity (Wildman–Crippen MR) is 98.9 cm³/mol. The van der Waals surface area contributed by atoms with Gasteiger partial charge in [-0.25, -0.2) is 19.3 Å². The SMILES string of the molecule is Fc1ccccc1CCc1ncc(-c2ccnc(-c3ccccc3)n2)[nH]1. The summed E-state index contributed by atoms with van der Waals surface area (Å²) in [6.45, 7) is 0. The van der Waals surface area contributed by atoms with Gasteiger partial charge in [-0.2, -0.15) is 0 Å². The van der Waals surface area contributed by atoms with Crippen LogP contribution in [0, 0.1) is 5.82 Å². The van der Waals surface area contributed by atoms with Gasteiger partial charge in [-0.15, -0.1) is 0 Å². The molecular formula is C21H17FN4. The first kappa shape index (κ1) is 16.1. The molecule has 1 N–H and O–H groups in total. The number of nitrogens with one attached hydrogen (secondary N) is 1. The monoisotopic (exact) mass is 344 g/mol. The fraction of sp³-hybridized carbons (Fsp3) is 0.0952. The van der Waals surface area contributed by atoms with Gasteiger partial charge in [-0.3, -0.25) is 0 Å². The van der Waals surface area contributed by atoms with Crippen LogP contribution in [0.2, 0.25) is 0 Å². The number of hydrogen-bond acceptors (Lipinski definition) is 3. The van der Waals surface area contributed by atoms with Crippen molar-refractivity contribution < 1.29 is 4.39 Å². The molecule has 0 aliphatic rings. The van der Waals surface area contributed by atoms with Crippen molar-refractivity contribution in [3.05, 3.63) is 90.3 Å². The Hall–Kier alpha value is -3.34. The van der Waals surface area contributed by atoms with Gasteiger partial charge in [-0.1, -0.05) is 48.5 Å². The first-order valence-electron chi connectivity index (χ1n) is 8.46. The Morgan fingerprint density at radius 1 is 0.846 bits per heavy atom. The molecule has 2 aromatic carbocycles. The standard InChI is InChI=1S/C21H17FN4/c22-17-9-5-4-6-15(17)10-11-20-24-14-19(25-20)18-12-13-23-21(26-18)16-7-2-1-3-8-16/h1-9,12-14H,10-11H2,(H,24,25). The van der Waals surface area contributed by atoms with E-state index >= 15 is 0 Å². The Morgan fingerprint density at radius 2 is 1.65 bits per heavy atom. The maximum Gasteiger partial charge on any atom is 0.159 e. The van der Waals surface area contributed by atoms with E-state index in [9.17, 15) is 4.39 Å². The molecule has 0 aliphatic carbocycles. The van der Waals surface area contributed by atoms with E-state index in [1.54, 1.807) is 24.5 Å². The summed E-state index contributed by atoms with van der Waals surface area (Å²) >= 11 is 0. The first-order valence-corrected chi connectivity index (χ1v) is 8.46. The van der Waals surface area contributed by atoms with E-state index in [0.29, 0.717) is 24.2 Å². The molecule has 4 rings (SSSR count). The van der Waals surface area contributed by atoms with Crippen LogP contribution in [-0.2, 0) is 12.8 Å². The Kier molecular flexibility index (Phi) is 4.51. The number of halogens is 1. The Morgan fingerprint density at radius 3 is 2.50 bits per heavy atom. The lowest BCUT2D eigenvalue weighted by Crippen LogP contribution is -1.96. The molecule has 0 atom stereocenters. The maximum atomic E-state index is 13.7. The third kappa shape index (κ3) is 3.52. The van der Waals surface area contributed by atoms with Gasteiger partial charge >= 0.3 is 0 Å². The van der Waals surface area contributed by atoms with Crippen molar-refractivity contribution >= 4 is 0 Å². The van der Waals surface area contributed by atoms with E-state index in [1.165, 1.54) is 6.07 Å². The highest BCUT2D eigenvalue weighted by Gasteiger charge is 2.08. The molecule has 0 radical (unpaired) electrons. The lowest BCUT2D eigenvalue weighted by atomic mass is 10.1. The molecule has 4 aromatic rings. The molecule has 128 valence electrons. The summed E-state index contributed by atoms with van der Waals surface area (Å²) in [5.74, 6) is 1.30. The van der Waals surface area contributed by atoms with Crippen LogP contribution in [0.3, 0.4) is 0 Å². The minimum Gasteiger partial charge on any atom is -0.341 e. The van der Waals surface area contributed by atoms with Crippen molar-refractivity contribution in [1.29, 1.82) is 0 Å². The van der Waals surface area contributed by atoms with Gasteiger partial charge in [0.25, 0.3) is 0 Å². The van der Waals surface area contributed by atoms with E-state index in [-0.39, 0.29) is 5.82 Å². The molecule has 5 heteroatoms. The zero-order valence-electron chi connectivity index (χ0n) is 14.1. The van der Waals surface area contributed by atoms with Crippen molar-refractivity contribution in [3.8, 4) is 22.8 Å². The van der Waals surface area contributed by atoms with Crippen LogP contribution >= 0.6 is 0 Å². The van der Waals surface area contributed by atoms with Crippen molar-refractivity contribution in [1.82, 2.24) is 19.9 Å². The summed E-state index contributed by atoms with van der Waals surface area (Å²) in [4.78, 5) is 16.6. The molecule has 0 fully saturated rings. The largest absolute Gasteiger partial charge is 0.341 e. The number of aryl methyl sites for hydroxylation is 2. The van der Waals surface area contributed by atoms with Crippen LogP contribution in [0.25, 0.3) is 22.8 Å². The van der Waals surface area contributed by atoms with Gasteiger partial charge in [0, 0.05) is 18.2 Å². The first-order chi connectivity index (χ1) is 12.8. The van der Waals surface area contributed by atoms with E-state index < -0.39 is 0 Å². The van der Waals surface area contributed by atoms with E-state index in [2.05, 4.69) is 19.9 Å². The van der Waals surface area contributed by atoms with Gasteiger partial charge < -0.3 is 4.98 Å². The van der Waals surface area contributed by atoms with E-state index in [1.807, 2.05) is 42.5 Å². The predicted octanol–water partition coefficient (Wildman–Crippen LogP) is 4.46. The highest BCUT2D eigenvalue weighted by atomic mass is 19.1. The van der Waals surface area contributed by atoms with Gasteiger partial charge in [0.1, 0.15) is 11.6 Å². The lowest BCUT2D eigenvalue weighted by Gasteiger charge is -2.03. The molecule has 2 aromatic heterocycles. The number of aromatic nitrogens is 4. The summed E-state index contributed by atoms with van der Waals surface area (Å²) < 4.78 is 13.7. The number of aromatic amines is 1. The minimum absolute atomic E-state index is 0.178. The molecule has 0 amide bonds. The number of imidazole rings is 1. The highest BCUT2D eigenvalue weighted by Crippen LogP contribution is 2.20. The van der Waals surface area contributed by atoms with Gasteiger partial charge in [0.05, 0.1) is 17.6 Å². The van der Waals surface area contributed by atoms with Gasteiger partial charge in [-0.05, 0) is 24.1 Å². The normalized spacial score (nSPS) is 10.8. The molecular weight excluding hydrogens is 327 g/mol. The number of H-pyrrole nitrogens is 1. The zero-order valence-corrected chi connectivity index (χ0v) is 14.1. The lowest BCUT2D eigenvalue weighted by molar-refractivity contribution is 0.607. The fourth-order valence-corrected chi connectivity index (χ4v) is 2.81. The average molecular weight is 344 g/mol. The Labute approximate surface area is 150 Å². The summed E-state index contributed by atoms with van der Waals surface area (Å²) in [5, 5.41) is 0. The van der Waals surface area contributed by atoms with Crippen LogP contribution in [0.5, 0.6) is 0 Å². The summed E-state index contributed by atoms with van der Waals surface area (Å²) in [6, 6.07) is 18.5. The maximum absolute atomic E-state index is 13.7. The van der Waals surface area contributed by atoms with E-state index in [0.717, 1.165) is 22.8 Å². The van der Waals surface area contributed by atoms with Crippen LogP contribution < -0.4 is 0 Å². The Balaban J connectivity index is 1.52. The quantitative estimate of drug-likeness (QED) is 0.582. The molecule has 0 unspecified atom stereocenters. The second kappa shape index (κ2) is 7.27. The molecule has 2 heterocycles. The van der Waals surface area contributed by atoms with Crippen LogP contribution in [0.1, 0.15) is 11.4 Å². The molecule has 0 aliphatic heterocycles. The van der Waals surface area contributed by atoms with E-state index in [4.69, 9.17) is 0 Å². The van der Waals surface area contributed by atoms with Crippen molar-refractivity contribution in [2.75, 3.05) is 0 Å². The topological polar surface area (TPSA) is 54.5 Å². The molecule has 4 nitrogen and oxygen atoms in total. The van der Waals surface area contributed by atoms with Gasteiger partial charge in [0.2, 0.25) is 0 Å². The molecule has 0 spiro atoms. The average Bonchev–Trinajstić information content (AvgIpc) is 3.17. The van der Waals surface area contributed by atoms with Crippen molar-refractivity contribution in [2.24, 2.45) is 0 Å². The third-order valence-electron chi connectivity index (χ3n) is 4.18. The van der Waals surface area contributed by atoms with Crippen LogP contribution in [-0.4, -0.2) is 19.9 Å². The smallest absolute Gasteiger partial charge is 0.159 e. The number of benzene rings is 2. The second-order valence-electron chi connectivity index (χ2n) is 5.97. The summed E-state index contributed by atoms with van der Waals surface area (Å²) in [7, 11) is 0. The van der Waals surface area contributed by atoms with Crippen molar-refractivity contribution in [3.63, 3.8) is 0 Å². The summed E-state index contributed by atoms with van der Waals surface area (Å²) in [5.41, 5.74) is 3.27. The van der Waals surface area contributed by atoms with Crippen LogP contribution in [0.4, 0.5) is 4.39 Å². The molecule has 0 saturated heterocycles. The molecule has 26 heavy (non-hydrogen) atoms. The molecule has 0 bridgehead atoms. The summed E-state index contributed by atoms with van der Waals surface area (Å²) in [6.07, 6.45) is 4.73. The zero-order chi connectivity index (χ0) is 17.8. The minimum atomic E-state index is -0.178. The van der Waals surface area contributed by atoms with Crippen molar-refractivity contribution in [2.45, 2.75) is 12.8 Å². The van der Waals surface area contributed by atoms with Gasteiger partial charge in [0.15, 0.2) is 5.82 Å². The number of rotatable bonds is 5. The van der Waals surface area contributed by atoms with Crippen LogP contribution in [0.15, 0.2) is 73.1 Å². The molecule has 0 saturated carbocycles. The third-order valence-corrected chi connectivity index (χ3v) is 4.18. The highest BCUT2D eigenvalue weighted by molar-refractivity contribution is 5.60. The number of nitrogens with zero attached hydrogens (tertiary/aromatic N) is 3. The fourth-order valence-electron chi connectivity index (χ4n) is 2.81.